The van der Waals surface area contributed by atoms with E-state index in [4.69, 9.17) is 4.42 Å². The molecule has 3 aromatic carbocycles. The van der Waals surface area contributed by atoms with E-state index in [0.29, 0.717) is 6.42 Å². The van der Waals surface area contributed by atoms with Gasteiger partial charge in [0.2, 0.25) is 5.89 Å². The number of para-hydroxylation sites is 1. The molecule has 0 spiro atoms. The predicted octanol–water partition coefficient (Wildman–Crippen LogP) is 6.05. The smallest absolute Gasteiger partial charge is 0.416 e. The monoisotopic (exact) mass is 499 g/mol. The molecule has 1 heterocycles. The first-order valence-electron chi connectivity index (χ1n) is 10.6. The van der Waals surface area contributed by atoms with E-state index in [1.165, 1.54) is 36.4 Å². The Bertz CT molecular complexity index is 1400. The van der Waals surface area contributed by atoms with Crippen LogP contribution in [0.15, 0.2) is 77.2 Å². The summed E-state index contributed by atoms with van der Waals surface area (Å²) in [5.74, 6) is -1.47. The van der Waals surface area contributed by atoms with Crippen LogP contribution >= 0.6 is 0 Å². The van der Waals surface area contributed by atoms with Crippen LogP contribution in [0.2, 0.25) is 0 Å². The van der Waals surface area contributed by atoms with Gasteiger partial charge < -0.3 is 9.73 Å². The summed E-state index contributed by atoms with van der Waals surface area (Å²) in [6, 6.07) is 15.2. The molecule has 0 radical (unpaired) electrons. The number of amides is 1. The van der Waals surface area contributed by atoms with Gasteiger partial charge in [0, 0.05) is 18.2 Å². The summed E-state index contributed by atoms with van der Waals surface area (Å²) in [6.07, 6.45) is -4.17. The number of hydrogen-bond acceptors (Lipinski definition) is 5. The maximum absolute atomic E-state index is 13.1. The van der Waals surface area contributed by atoms with E-state index in [2.05, 4.69) is 10.3 Å². The lowest BCUT2D eigenvalue weighted by Crippen LogP contribution is -2.26. The molecule has 0 saturated heterocycles. The van der Waals surface area contributed by atoms with Gasteiger partial charge in [-0.3, -0.25) is 14.9 Å². The number of alkyl halides is 3. The maximum Gasteiger partial charge on any atom is 0.416 e. The van der Waals surface area contributed by atoms with Crippen LogP contribution in [0, 0.1) is 15.9 Å². The fourth-order valence-electron chi connectivity index (χ4n) is 3.46. The standard InChI is InChI=1S/C25H17F4N3O4/c26-18-11-5-15(6-12-18)13-14-30-23(33)21-22(19-3-1-2-4-20(19)32(34)35)36-24(31-21)16-7-9-17(10-8-16)25(27,28)29/h1-12H,13-14H2,(H,30,33). The van der Waals surface area contributed by atoms with E-state index in [0.717, 1.165) is 29.8 Å². The number of rotatable bonds is 7. The number of nitro groups is 1. The maximum atomic E-state index is 13.1. The summed E-state index contributed by atoms with van der Waals surface area (Å²) in [6.45, 7) is 0.142. The molecule has 0 saturated carbocycles. The molecule has 0 atom stereocenters. The van der Waals surface area contributed by atoms with Crippen molar-refractivity contribution in [2.45, 2.75) is 12.6 Å². The van der Waals surface area contributed by atoms with Crippen LogP contribution in [0.5, 0.6) is 0 Å². The Hall–Kier alpha value is -4.54. The molecule has 0 aliphatic heterocycles. The highest BCUT2D eigenvalue weighted by Crippen LogP contribution is 2.36. The predicted molar refractivity (Wildman–Crippen MR) is 121 cm³/mol. The zero-order chi connectivity index (χ0) is 25.9. The normalized spacial score (nSPS) is 11.3. The van der Waals surface area contributed by atoms with Gasteiger partial charge in [-0.05, 0) is 54.4 Å². The van der Waals surface area contributed by atoms with E-state index in [-0.39, 0.29) is 40.7 Å². The number of nitrogens with zero attached hydrogens (tertiary/aromatic N) is 2. The SMILES string of the molecule is O=C(NCCc1ccc(F)cc1)c1nc(-c2ccc(C(F)(F)F)cc2)oc1-c1ccccc1[N+](=O)[O-]. The Labute approximate surface area is 201 Å². The molecule has 0 aliphatic carbocycles. The molecule has 1 amide bonds. The van der Waals surface area contributed by atoms with E-state index in [9.17, 15) is 32.5 Å². The number of aromatic nitrogens is 1. The summed E-state index contributed by atoms with van der Waals surface area (Å²) in [4.78, 5) is 28.0. The number of carbonyl (C=O) groups excluding carboxylic acids is 1. The van der Waals surface area contributed by atoms with Crippen molar-refractivity contribution in [1.29, 1.82) is 0 Å². The summed E-state index contributed by atoms with van der Waals surface area (Å²) < 4.78 is 57.6. The molecular formula is C25H17F4N3O4. The number of benzene rings is 3. The van der Waals surface area contributed by atoms with Gasteiger partial charge in [0.1, 0.15) is 5.82 Å². The number of oxazole rings is 1. The molecular weight excluding hydrogens is 482 g/mol. The summed E-state index contributed by atoms with van der Waals surface area (Å²) >= 11 is 0. The quantitative estimate of drug-likeness (QED) is 0.190. The second kappa shape index (κ2) is 9.98. The number of nitro benzene ring substituents is 1. The largest absolute Gasteiger partial charge is 0.435 e. The first-order chi connectivity index (χ1) is 17.1. The van der Waals surface area contributed by atoms with Crippen molar-refractivity contribution in [2.75, 3.05) is 6.54 Å². The van der Waals surface area contributed by atoms with E-state index in [1.807, 2.05) is 0 Å². The minimum atomic E-state index is -4.54. The third-order valence-corrected chi connectivity index (χ3v) is 5.26. The van der Waals surface area contributed by atoms with Gasteiger partial charge in [-0.15, -0.1) is 0 Å². The molecule has 0 unspecified atom stereocenters. The number of halogens is 4. The van der Waals surface area contributed by atoms with Gasteiger partial charge in [-0.25, -0.2) is 9.37 Å². The number of nitrogens with one attached hydrogen (secondary N) is 1. The van der Waals surface area contributed by atoms with Crippen molar-refractivity contribution in [3.05, 3.63) is 106 Å². The molecule has 1 aromatic heterocycles. The van der Waals surface area contributed by atoms with Crippen molar-refractivity contribution >= 4 is 11.6 Å². The van der Waals surface area contributed by atoms with Crippen molar-refractivity contribution in [2.24, 2.45) is 0 Å². The van der Waals surface area contributed by atoms with Crippen LogP contribution in [0.1, 0.15) is 21.6 Å². The lowest BCUT2D eigenvalue weighted by atomic mass is 10.1. The van der Waals surface area contributed by atoms with Crippen LogP contribution < -0.4 is 5.32 Å². The van der Waals surface area contributed by atoms with Crippen LogP contribution in [-0.4, -0.2) is 22.4 Å². The van der Waals surface area contributed by atoms with Crippen LogP contribution in [-0.2, 0) is 12.6 Å². The fourth-order valence-corrected chi connectivity index (χ4v) is 3.46. The highest BCUT2D eigenvalue weighted by molar-refractivity contribution is 5.99. The van der Waals surface area contributed by atoms with Crippen LogP contribution in [0.4, 0.5) is 23.2 Å². The van der Waals surface area contributed by atoms with E-state index in [1.54, 1.807) is 12.1 Å². The fraction of sp³-hybridized carbons (Fsp3) is 0.120. The number of hydrogen-bond donors (Lipinski definition) is 1. The second-order valence-corrected chi connectivity index (χ2v) is 7.68. The topological polar surface area (TPSA) is 98.3 Å². The molecule has 36 heavy (non-hydrogen) atoms. The molecule has 0 fully saturated rings. The van der Waals surface area contributed by atoms with Gasteiger partial charge >= 0.3 is 6.18 Å². The Balaban J connectivity index is 1.67. The zero-order valence-electron chi connectivity index (χ0n) is 18.4. The zero-order valence-corrected chi connectivity index (χ0v) is 18.4. The average molecular weight is 499 g/mol. The molecule has 4 aromatic rings. The average Bonchev–Trinajstić information content (AvgIpc) is 3.30. The van der Waals surface area contributed by atoms with Crippen molar-refractivity contribution in [3.8, 4) is 22.8 Å². The molecule has 1 N–H and O–H groups in total. The van der Waals surface area contributed by atoms with Crippen molar-refractivity contribution in [3.63, 3.8) is 0 Å². The van der Waals surface area contributed by atoms with Gasteiger partial charge in [0.15, 0.2) is 11.5 Å². The lowest BCUT2D eigenvalue weighted by molar-refractivity contribution is -0.384. The minimum absolute atomic E-state index is 0.0168. The summed E-state index contributed by atoms with van der Waals surface area (Å²) in [7, 11) is 0. The van der Waals surface area contributed by atoms with Gasteiger partial charge in [-0.1, -0.05) is 24.3 Å². The minimum Gasteiger partial charge on any atom is -0.435 e. The Kier molecular flexibility index (Phi) is 6.82. The molecule has 7 nitrogen and oxygen atoms in total. The van der Waals surface area contributed by atoms with E-state index >= 15 is 0 Å². The Morgan fingerprint density at radius 2 is 1.67 bits per heavy atom. The second-order valence-electron chi connectivity index (χ2n) is 7.68. The van der Waals surface area contributed by atoms with Gasteiger partial charge in [0.05, 0.1) is 16.1 Å². The summed E-state index contributed by atoms with van der Waals surface area (Å²) in [5, 5.41) is 14.2. The summed E-state index contributed by atoms with van der Waals surface area (Å²) in [5.41, 5.74) is -0.590. The molecule has 184 valence electrons. The van der Waals surface area contributed by atoms with Crippen LogP contribution in [0.25, 0.3) is 22.8 Å². The Morgan fingerprint density at radius 3 is 2.31 bits per heavy atom. The number of carbonyl (C=O) groups is 1. The van der Waals surface area contributed by atoms with E-state index < -0.39 is 28.4 Å². The first-order valence-corrected chi connectivity index (χ1v) is 10.6. The molecule has 0 bridgehead atoms. The molecule has 0 aliphatic rings. The molecule has 4 rings (SSSR count). The highest BCUT2D eigenvalue weighted by atomic mass is 19.4. The van der Waals surface area contributed by atoms with Crippen molar-refractivity contribution in [1.82, 2.24) is 10.3 Å². The Morgan fingerprint density at radius 1 is 1.00 bits per heavy atom. The van der Waals surface area contributed by atoms with Gasteiger partial charge in [-0.2, -0.15) is 13.2 Å². The van der Waals surface area contributed by atoms with Gasteiger partial charge in [0.25, 0.3) is 11.6 Å². The highest BCUT2D eigenvalue weighted by Gasteiger charge is 2.31. The first kappa shape index (κ1) is 24.6. The lowest BCUT2D eigenvalue weighted by Gasteiger charge is -2.06. The van der Waals surface area contributed by atoms with Crippen molar-refractivity contribution < 1.29 is 31.7 Å². The third kappa shape index (κ3) is 5.40. The van der Waals surface area contributed by atoms with Crippen LogP contribution in [0.3, 0.4) is 0 Å². The molecule has 11 heteroatoms. The third-order valence-electron chi connectivity index (χ3n) is 5.26.